The first-order chi connectivity index (χ1) is 25.4. The standard InChI is InChI=1S/C44H28Cl4N4/c45-29-9-1-25(2-10-29)41-33-17-19-35(49-33)42(26-3-11-30(46)12-4-26)37-21-23-39(51-37)44(28-7-15-32(48)16-8-28)40-24-22-38(52-40)43(36-20-18-34(41)50-36)27-5-13-31(47)14-6-27/h1-21,23,50-51H,22,24H2. The van der Waals surface area contributed by atoms with Gasteiger partial charge in [0.15, 0.2) is 0 Å². The summed E-state index contributed by atoms with van der Waals surface area (Å²) in [5.74, 6) is 0. The molecule has 0 fully saturated rings. The highest BCUT2D eigenvalue weighted by Gasteiger charge is 2.21. The number of aromatic nitrogens is 4. The molecule has 0 saturated heterocycles. The van der Waals surface area contributed by atoms with Crippen molar-refractivity contribution in [3.8, 4) is 44.5 Å². The average molecular weight is 755 g/mol. The summed E-state index contributed by atoms with van der Waals surface area (Å²) in [6, 6.07) is 40.2. The second kappa shape index (κ2) is 13.5. The zero-order valence-electron chi connectivity index (χ0n) is 27.5. The van der Waals surface area contributed by atoms with Gasteiger partial charge in [-0.3, -0.25) is 4.98 Å². The number of hydrogen-bond acceptors (Lipinski definition) is 2. The Balaban J connectivity index is 1.46. The van der Waals surface area contributed by atoms with Gasteiger partial charge in [0.2, 0.25) is 0 Å². The molecule has 252 valence electrons. The van der Waals surface area contributed by atoms with E-state index >= 15 is 0 Å². The average Bonchev–Trinajstić information content (AvgIpc) is 3.99. The van der Waals surface area contributed by atoms with Crippen molar-refractivity contribution in [2.45, 2.75) is 12.8 Å². The lowest BCUT2D eigenvalue weighted by molar-refractivity contribution is 1.03. The van der Waals surface area contributed by atoms with E-state index < -0.39 is 0 Å². The number of aromatic amines is 2. The second-order valence-electron chi connectivity index (χ2n) is 12.8. The van der Waals surface area contributed by atoms with Crippen LogP contribution < -0.4 is 0 Å². The first kappa shape index (κ1) is 32.8. The molecular formula is C44H28Cl4N4. The third-order valence-corrected chi connectivity index (χ3v) is 10.6. The second-order valence-corrected chi connectivity index (χ2v) is 14.6. The number of hydrogen-bond donors (Lipinski definition) is 2. The minimum Gasteiger partial charge on any atom is -0.354 e. The monoisotopic (exact) mass is 752 g/mol. The fourth-order valence-electron chi connectivity index (χ4n) is 7.19. The van der Waals surface area contributed by atoms with E-state index in [2.05, 4.69) is 70.7 Å². The van der Waals surface area contributed by atoms with Gasteiger partial charge in [0.05, 0.1) is 22.8 Å². The van der Waals surface area contributed by atoms with E-state index in [1.807, 2.05) is 72.8 Å². The van der Waals surface area contributed by atoms with E-state index in [1.165, 1.54) is 0 Å². The van der Waals surface area contributed by atoms with Crippen LogP contribution in [0.5, 0.6) is 0 Å². The number of nitrogens with one attached hydrogen (secondary N) is 2. The Morgan fingerprint density at radius 3 is 0.962 bits per heavy atom. The van der Waals surface area contributed by atoms with Crippen molar-refractivity contribution >= 4 is 80.6 Å². The number of benzene rings is 4. The van der Waals surface area contributed by atoms with Crippen LogP contribution in [0.2, 0.25) is 20.1 Å². The maximum atomic E-state index is 6.38. The molecule has 9 rings (SSSR count). The van der Waals surface area contributed by atoms with Crippen LogP contribution in [0.1, 0.15) is 22.8 Å². The summed E-state index contributed by atoms with van der Waals surface area (Å²) < 4.78 is 0. The van der Waals surface area contributed by atoms with Crippen molar-refractivity contribution in [3.05, 3.63) is 164 Å². The van der Waals surface area contributed by atoms with E-state index in [4.69, 9.17) is 56.4 Å². The topological polar surface area (TPSA) is 57.4 Å². The Bertz CT molecular complexity index is 2510. The van der Waals surface area contributed by atoms with Gasteiger partial charge < -0.3 is 9.97 Å². The lowest BCUT2D eigenvalue weighted by atomic mass is 10.0. The summed E-state index contributed by atoms with van der Waals surface area (Å²) in [5.41, 5.74) is 15.4. The van der Waals surface area contributed by atoms with Crippen LogP contribution >= 0.6 is 46.4 Å². The maximum absolute atomic E-state index is 6.38. The number of aryl methyl sites for hydroxylation is 2. The molecule has 0 amide bonds. The Hall–Kier alpha value is -5.10. The molecule has 2 aliphatic rings. The van der Waals surface area contributed by atoms with Gasteiger partial charge in [-0.1, -0.05) is 94.9 Å². The van der Waals surface area contributed by atoms with E-state index in [-0.39, 0.29) is 0 Å². The van der Waals surface area contributed by atoms with Gasteiger partial charge in [-0.25, -0.2) is 4.98 Å². The summed E-state index contributed by atoms with van der Waals surface area (Å²) in [6.45, 7) is 0. The summed E-state index contributed by atoms with van der Waals surface area (Å²) in [7, 11) is 0. The van der Waals surface area contributed by atoms with Gasteiger partial charge >= 0.3 is 0 Å². The van der Waals surface area contributed by atoms with E-state index in [0.717, 1.165) is 102 Å². The minimum atomic E-state index is 0.668. The van der Waals surface area contributed by atoms with Gasteiger partial charge in [0.1, 0.15) is 0 Å². The van der Waals surface area contributed by atoms with Gasteiger partial charge in [-0.05, 0) is 120 Å². The predicted octanol–water partition coefficient (Wildman–Crippen LogP) is 13.6. The quantitative estimate of drug-likeness (QED) is 0.188. The van der Waals surface area contributed by atoms with Gasteiger partial charge in [-0.2, -0.15) is 0 Å². The molecule has 7 aromatic rings. The van der Waals surface area contributed by atoms with Crippen molar-refractivity contribution in [3.63, 3.8) is 0 Å². The molecular weight excluding hydrogens is 726 g/mol. The molecule has 52 heavy (non-hydrogen) atoms. The molecule has 8 bridgehead atoms. The normalized spacial score (nSPS) is 12.4. The smallest absolute Gasteiger partial charge is 0.0737 e. The Morgan fingerprint density at radius 1 is 0.346 bits per heavy atom. The molecule has 4 nitrogen and oxygen atoms in total. The molecule has 4 aromatic carbocycles. The van der Waals surface area contributed by atoms with Crippen molar-refractivity contribution in [1.29, 1.82) is 0 Å². The molecule has 0 atom stereocenters. The van der Waals surface area contributed by atoms with E-state index in [9.17, 15) is 0 Å². The van der Waals surface area contributed by atoms with Gasteiger partial charge in [-0.15, -0.1) is 0 Å². The van der Waals surface area contributed by atoms with Crippen molar-refractivity contribution in [2.75, 3.05) is 0 Å². The summed E-state index contributed by atoms with van der Waals surface area (Å²) in [4.78, 5) is 18.3. The van der Waals surface area contributed by atoms with Crippen molar-refractivity contribution in [1.82, 2.24) is 19.9 Å². The van der Waals surface area contributed by atoms with Crippen molar-refractivity contribution in [2.24, 2.45) is 0 Å². The van der Waals surface area contributed by atoms with Crippen LogP contribution in [-0.2, 0) is 12.8 Å². The third-order valence-electron chi connectivity index (χ3n) is 9.58. The summed E-state index contributed by atoms with van der Waals surface area (Å²) >= 11 is 25.5. The van der Waals surface area contributed by atoms with Crippen LogP contribution in [0.3, 0.4) is 0 Å². The molecule has 3 aromatic heterocycles. The Morgan fingerprint density at radius 2 is 0.635 bits per heavy atom. The SMILES string of the molecule is Clc1ccc(-c2c3nc(c(-c4ccc(Cl)cc4)c4ccc([nH]4)c(-c4ccc(Cl)cc4)c4nc(c(-c5ccc(Cl)cc5)c5ccc2[nH]5)CC4)C=C3)cc1. The summed E-state index contributed by atoms with van der Waals surface area (Å²) in [6.07, 6.45) is 5.68. The minimum absolute atomic E-state index is 0.668. The number of H-pyrrole nitrogens is 2. The van der Waals surface area contributed by atoms with E-state index in [0.29, 0.717) is 20.1 Å². The fraction of sp³-hybridized carbons (Fsp3) is 0.0455. The van der Waals surface area contributed by atoms with Gasteiger partial charge in [0, 0.05) is 64.4 Å². The van der Waals surface area contributed by atoms with Crippen molar-refractivity contribution < 1.29 is 0 Å². The highest BCUT2D eigenvalue weighted by Crippen LogP contribution is 2.39. The third kappa shape index (κ3) is 6.12. The molecule has 8 heteroatoms. The number of rotatable bonds is 4. The number of halogens is 4. The first-order valence-electron chi connectivity index (χ1n) is 16.9. The number of fused-ring (bicyclic) bond motifs is 8. The molecule has 0 unspecified atom stereocenters. The van der Waals surface area contributed by atoms with Crippen LogP contribution in [0, 0.1) is 0 Å². The molecule has 0 aliphatic carbocycles. The molecule has 2 N–H and O–H groups in total. The van der Waals surface area contributed by atoms with Gasteiger partial charge in [0.25, 0.3) is 0 Å². The highest BCUT2D eigenvalue weighted by atomic mass is 35.5. The van der Waals surface area contributed by atoms with Crippen LogP contribution in [0.25, 0.3) is 78.7 Å². The predicted molar refractivity (Wildman–Crippen MR) is 219 cm³/mol. The van der Waals surface area contributed by atoms with E-state index in [1.54, 1.807) is 0 Å². The first-order valence-corrected chi connectivity index (χ1v) is 18.4. The highest BCUT2D eigenvalue weighted by molar-refractivity contribution is 6.31. The van der Waals surface area contributed by atoms with Crippen LogP contribution in [0.4, 0.5) is 0 Å². The summed E-state index contributed by atoms with van der Waals surface area (Å²) in [5, 5.41) is 2.69. The zero-order chi connectivity index (χ0) is 35.3. The van der Waals surface area contributed by atoms with Crippen LogP contribution in [-0.4, -0.2) is 19.9 Å². The molecule has 5 heterocycles. The molecule has 0 spiro atoms. The largest absolute Gasteiger partial charge is 0.354 e. The zero-order valence-corrected chi connectivity index (χ0v) is 30.5. The Kier molecular flexibility index (Phi) is 8.49. The fourth-order valence-corrected chi connectivity index (χ4v) is 7.70. The molecule has 2 aliphatic heterocycles. The molecule has 0 radical (unpaired) electrons. The lowest BCUT2D eigenvalue weighted by Crippen LogP contribution is -1.89. The van der Waals surface area contributed by atoms with Crippen LogP contribution in [0.15, 0.2) is 121 Å². The lowest BCUT2D eigenvalue weighted by Gasteiger charge is -2.07. The maximum Gasteiger partial charge on any atom is 0.0737 e. The molecule has 0 saturated carbocycles. The Labute approximate surface area is 320 Å². The number of nitrogens with zero attached hydrogens (tertiary/aromatic N) is 2.